The van der Waals surface area contributed by atoms with Crippen LogP contribution in [0.3, 0.4) is 0 Å². The minimum Gasteiger partial charge on any atom is -0.353 e. The molecule has 1 aliphatic heterocycles. The number of carbonyl (C=O) groups is 1. The number of piperidine rings is 1. The van der Waals surface area contributed by atoms with Crippen molar-refractivity contribution in [2.75, 3.05) is 25.5 Å². The Bertz CT molecular complexity index is 191. The summed E-state index contributed by atoms with van der Waals surface area (Å²) >= 11 is 5.54. The van der Waals surface area contributed by atoms with Crippen LogP contribution in [0, 0.1) is 0 Å². The number of nitrogens with zero attached hydrogens (tertiary/aromatic N) is 1. The molecule has 0 aromatic rings. The molecule has 1 rings (SSSR count). The summed E-state index contributed by atoms with van der Waals surface area (Å²) in [6, 6.07) is 0.385. The maximum absolute atomic E-state index is 11.4. The van der Waals surface area contributed by atoms with Crippen LogP contribution in [0.2, 0.25) is 0 Å². The quantitative estimate of drug-likeness (QED) is 0.731. The van der Waals surface area contributed by atoms with Crippen molar-refractivity contribution in [3.63, 3.8) is 0 Å². The van der Waals surface area contributed by atoms with Gasteiger partial charge in [-0.25, -0.2) is 0 Å². The van der Waals surface area contributed by atoms with E-state index < -0.39 is 0 Å². The van der Waals surface area contributed by atoms with Crippen LogP contribution < -0.4 is 5.32 Å². The van der Waals surface area contributed by atoms with E-state index >= 15 is 0 Å². The second-order valence-electron chi connectivity index (χ2n) is 4.07. The highest BCUT2D eigenvalue weighted by Crippen LogP contribution is 2.09. The lowest BCUT2D eigenvalue weighted by molar-refractivity contribution is -0.122. The first-order valence-corrected chi connectivity index (χ1v) is 6.37. The molecular formula is C11H21ClN2O. The highest BCUT2D eigenvalue weighted by atomic mass is 35.5. The molecule has 0 saturated carbocycles. The summed E-state index contributed by atoms with van der Waals surface area (Å²) in [5.41, 5.74) is 0. The third kappa shape index (κ3) is 4.85. The summed E-state index contributed by atoms with van der Waals surface area (Å²) in [5.74, 6) is 0.729. The molecule has 0 radical (unpaired) electrons. The van der Waals surface area contributed by atoms with Gasteiger partial charge in [-0.1, -0.05) is 6.92 Å². The van der Waals surface area contributed by atoms with Crippen molar-refractivity contribution >= 4 is 17.5 Å². The number of carbonyl (C=O) groups excluding carboxylic acids is 1. The summed E-state index contributed by atoms with van der Waals surface area (Å²) < 4.78 is 0. The smallest absolute Gasteiger partial charge is 0.220 e. The number of hydrogen-bond donors (Lipinski definition) is 1. The van der Waals surface area contributed by atoms with Crippen molar-refractivity contribution in [3.05, 3.63) is 0 Å². The minimum atomic E-state index is 0.158. The summed E-state index contributed by atoms with van der Waals surface area (Å²) in [6.07, 6.45) is 3.51. The second kappa shape index (κ2) is 7.07. The SMILES string of the molecule is CCN1CCC(NC(=O)CCCCl)CC1. The van der Waals surface area contributed by atoms with Crippen LogP contribution in [0.5, 0.6) is 0 Å². The van der Waals surface area contributed by atoms with Gasteiger partial charge in [0.25, 0.3) is 0 Å². The monoisotopic (exact) mass is 232 g/mol. The minimum absolute atomic E-state index is 0.158. The Balaban J connectivity index is 2.15. The van der Waals surface area contributed by atoms with E-state index in [-0.39, 0.29) is 5.91 Å². The number of likely N-dealkylation sites (tertiary alicyclic amines) is 1. The Hall–Kier alpha value is -0.280. The lowest BCUT2D eigenvalue weighted by Crippen LogP contribution is -2.44. The zero-order valence-corrected chi connectivity index (χ0v) is 10.2. The number of halogens is 1. The van der Waals surface area contributed by atoms with E-state index in [1.165, 1.54) is 0 Å². The van der Waals surface area contributed by atoms with Crippen molar-refractivity contribution in [1.82, 2.24) is 10.2 Å². The predicted octanol–water partition coefficient (Wildman–Crippen LogP) is 1.61. The molecule has 0 aromatic heterocycles. The van der Waals surface area contributed by atoms with Crippen LogP contribution in [0.1, 0.15) is 32.6 Å². The van der Waals surface area contributed by atoms with Crippen LogP contribution in [0.4, 0.5) is 0 Å². The van der Waals surface area contributed by atoms with Crippen LogP contribution >= 0.6 is 11.6 Å². The maximum Gasteiger partial charge on any atom is 0.220 e. The highest BCUT2D eigenvalue weighted by molar-refractivity contribution is 6.17. The Morgan fingerprint density at radius 3 is 2.67 bits per heavy atom. The van der Waals surface area contributed by atoms with Gasteiger partial charge in [-0.2, -0.15) is 0 Å². The molecule has 0 atom stereocenters. The van der Waals surface area contributed by atoms with Crippen molar-refractivity contribution in [1.29, 1.82) is 0 Å². The standard InChI is InChI=1S/C11H21ClN2O/c1-2-14-8-5-10(6-9-14)13-11(15)4-3-7-12/h10H,2-9H2,1H3,(H,13,15). The van der Waals surface area contributed by atoms with E-state index in [2.05, 4.69) is 17.1 Å². The molecule has 0 spiro atoms. The number of alkyl halides is 1. The number of nitrogens with one attached hydrogen (secondary N) is 1. The lowest BCUT2D eigenvalue weighted by Gasteiger charge is -2.31. The maximum atomic E-state index is 11.4. The van der Waals surface area contributed by atoms with E-state index in [9.17, 15) is 4.79 Å². The van der Waals surface area contributed by atoms with Crippen molar-refractivity contribution < 1.29 is 4.79 Å². The molecule has 0 unspecified atom stereocenters. The topological polar surface area (TPSA) is 32.3 Å². The molecule has 3 nitrogen and oxygen atoms in total. The molecular weight excluding hydrogens is 212 g/mol. The molecule has 15 heavy (non-hydrogen) atoms. The fraction of sp³-hybridized carbons (Fsp3) is 0.909. The average Bonchev–Trinajstić information content (AvgIpc) is 2.27. The van der Waals surface area contributed by atoms with Crippen LogP contribution in [-0.4, -0.2) is 42.4 Å². The molecule has 1 heterocycles. The zero-order valence-electron chi connectivity index (χ0n) is 9.47. The first-order valence-electron chi connectivity index (χ1n) is 5.84. The molecule has 1 fully saturated rings. The normalized spacial score (nSPS) is 19.1. The summed E-state index contributed by atoms with van der Waals surface area (Å²) in [4.78, 5) is 13.9. The fourth-order valence-electron chi connectivity index (χ4n) is 1.92. The Labute approximate surface area is 97.2 Å². The molecule has 1 aliphatic rings. The van der Waals surface area contributed by atoms with Gasteiger partial charge in [-0.05, 0) is 25.8 Å². The van der Waals surface area contributed by atoms with E-state index in [1.54, 1.807) is 0 Å². The van der Waals surface area contributed by atoms with Gasteiger partial charge in [0.05, 0.1) is 0 Å². The average molecular weight is 233 g/mol. The first kappa shape index (κ1) is 12.8. The van der Waals surface area contributed by atoms with Gasteiger partial charge in [0.1, 0.15) is 0 Å². The molecule has 1 amide bonds. The van der Waals surface area contributed by atoms with E-state index in [0.29, 0.717) is 18.3 Å². The third-order valence-electron chi connectivity index (χ3n) is 2.94. The van der Waals surface area contributed by atoms with E-state index in [1.807, 2.05) is 0 Å². The van der Waals surface area contributed by atoms with Crippen LogP contribution in [0.25, 0.3) is 0 Å². The lowest BCUT2D eigenvalue weighted by atomic mass is 10.0. The van der Waals surface area contributed by atoms with Crippen molar-refractivity contribution in [3.8, 4) is 0 Å². The van der Waals surface area contributed by atoms with Gasteiger partial charge >= 0.3 is 0 Å². The molecule has 88 valence electrons. The van der Waals surface area contributed by atoms with Gasteiger partial charge in [0, 0.05) is 31.4 Å². The van der Waals surface area contributed by atoms with Gasteiger partial charge < -0.3 is 10.2 Å². The van der Waals surface area contributed by atoms with E-state index in [4.69, 9.17) is 11.6 Å². The van der Waals surface area contributed by atoms with Gasteiger partial charge in [-0.3, -0.25) is 4.79 Å². The largest absolute Gasteiger partial charge is 0.353 e. The predicted molar refractivity (Wildman–Crippen MR) is 63.2 cm³/mol. The Morgan fingerprint density at radius 1 is 1.47 bits per heavy atom. The van der Waals surface area contributed by atoms with Gasteiger partial charge in [0.15, 0.2) is 0 Å². The van der Waals surface area contributed by atoms with Crippen molar-refractivity contribution in [2.45, 2.75) is 38.6 Å². The van der Waals surface area contributed by atoms with E-state index in [0.717, 1.165) is 38.9 Å². The number of hydrogen-bond acceptors (Lipinski definition) is 2. The Morgan fingerprint density at radius 2 is 2.13 bits per heavy atom. The summed E-state index contributed by atoms with van der Waals surface area (Å²) in [5, 5.41) is 3.07. The molecule has 4 heteroatoms. The first-order chi connectivity index (χ1) is 7.26. The fourth-order valence-corrected chi connectivity index (χ4v) is 2.05. The molecule has 0 aromatic carbocycles. The Kier molecular flexibility index (Phi) is 6.03. The van der Waals surface area contributed by atoms with Gasteiger partial charge in [-0.15, -0.1) is 11.6 Å². The third-order valence-corrected chi connectivity index (χ3v) is 3.20. The molecule has 1 saturated heterocycles. The van der Waals surface area contributed by atoms with Crippen molar-refractivity contribution in [2.24, 2.45) is 0 Å². The van der Waals surface area contributed by atoms with Gasteiger partial charge in [0.2, 0.25) is 5.91 Å². The molecule has 0 aliphatic carbocycles. The highest BCUT2D eigenvalue weighted by Gasteiger charge is 2.18. The summed E-state index contributed by atoms with van der Waals surface area (Å²) in [6.45, 7) is 5.51. The molecule has 0 bridgehead atoms. The molecule has 1 N–H and O–H groups in total. The summed E-state index contributed by atoms with van der Waals surface area (Å²) in [7, 11) is 0. The number of amides is 1. The van der Waals surface area contributed by atoms with Crippen LogP contribution in [0.15, 0.2) is 0 Å². The van der Waals surface area contributed by atoms with Crippen LogP contribution in [-0.2, 0) is 4.79 Å². The number of rotatable bonds is 5. The second-order valence-corrected chi connectivity index (χ2v) is 4.45. The zero-order chi connectivity index (χ0) is 11.1.